The fourth-order valence-electron chi connectivity index (χ4n) is 1.66. The second-order valence-corrected chi connectivity index (χ2v) is 3.63. The van der Waals surface area contributed by atoms with Crippen molar-refractivity contribution in [2.45, 2.75) is 13.5 Å². The van der Waals surface area contributed by atoms with Crippen LogP contribution in [0.1, 0.15) is 11.3 Å². The van der Waals surface area contributed by atoms with Crippen molar-refractivity contribution in [3.63, 3.8) is 0 Å². The van der Waals surface area contributed by atoms with Crippen LogP contribution in [0.4, 0.5) is 4.39 Å². The van der Waals surface area contributed by atoms with Crippen LogP contribution in [-0.4, -0.2) is 12.3 Å². The number of aryl methyl sites for hydroxylation is 1. The molecule has 2 aromatic rings. The normalized spacial score (nSPS) is 10.6. The van der Waals surface area contributed by atoms with Gasteiger partial charge in [0.25, 0.3) is 0 Å². The highest BCUT2D eigenvalue weighted by Crippen LogP contribution is 2.29. The summed E-state index contributed by atoms with van der Waals surface area (Å²) >= 11 is 0. The number of aromatic nitrogens is 1. The van der Waals surface area contributed by atoms with Crippen LogP contribution in [0.2, 0.25) is 0 Å². The summed E-state index contributed by atoms with van der Waals surface area (Å²) in [5, 5.41) is 3.83. The van der Waals surface area contributed by atoms with Crippen LogP contribution in [0.25, 0.3) is 11.3 Å². The van der Waals surface area contributed by atoms with Crippen molar-refractivity contribution in [3.8, 4) is 17.1 Å². The SMILES string of the molecule is COc1ccc(-c2onc(C)c2CN)cc1F. The predicted octanol–water partition coefficient (Wildman–Crippen LogP) is 2.26. The van der Waals surface area contributed by atoms with Gasteiger partial charge in [-0.05, 0) is 25.1 Å². The average Bonchev–Trinajstić information content (AvgIpc) is 2.70. The van der Waals surface area contributed by atoms with E-state index in [9.17, 15) is 4.39 Å². The van der Waals surface area contributed by atoms with Crippen LogP contribution in [0, 0.1) is 12.7 Å². The number of rotatable bonds is 3. The molecule has 0 aliphatic rings. The zero-order chi connectivity index (χ0) is 12.4. The number of nitrogens with two attached hydrogens (primary N) is 1. The van der Waals surface area contributed by atoms with Gasteiger partial charge in [-0.1, -0.05) is 5.16 Å². The third-order valence-corrected chi connectivity index (χ3v) is 2.60. The summed E-state index contributed by atoms with van der Waals surface area (Å²) in [7, 11) is 1.42. The van der Waals surface area contributed by atoms with Crippen LogP contribution in [0.3, 0.4) is 0 Å². The fraction of sp³-hybridized carbons (Fsp3) is 0.250. The lowest BCUT2D eigenvalue weighted by Gasteiger charge is -2.04. The highest BCUT2D eigenvalue weighted by atomic mass is 19.1. The molecule has 0 amide bonds. The van der Waals surface area contributed by atoms with Gasteiger partial charge in [0.05, 0.1) is 12.8 Å². The predicted molar refractivity (Wildman–Crippen MR) is 61.1 cm³/mol. The van der Waals surface area contributed by atoms with Gasteiger partial charge in [0.15, 0.2) is 17.3 Å². The molecule has 4 nitrogen and oxygen atoms in total. The smallest absolute Gasteiger partial charge is 0.171 e. The monoisotopic (exact) mass is 236 g/mol. The second-order valence-electron chi connectivity index (χ2n) is 3.63. The van der Waals surface area contributed by atoms with E-state index in [4.69, 9.17) is 15.0 Å². The van der Waals surface area contributed by atoms with Crippen molar-refractivity contribution in [3.05, 3.63) is 35.3 Å². The van der Waals surface area contributed by atoms with Crippen LogP contribution in [0.5, 0.6) is 5.75 Å². The van der Waals surface area contributed by atoms with E-state index >= 15 is 0 Å². The average molecular weight is 236 g/mol. The first-order valence-electron chi connectivity index (χ1n) is 5.16. The van der Waals surface area contributed by atoms with Crippen molar-refractivity contribution in [1.29, 1.82) is 0 Å². The van der Waals surface area contributed by atoms with E-state index in [2.05, 4.69) is 5.16 Å². The molecule has 5 heteroatoms. The largest absolute Gasteiger partial charge is 0.494 e. The molecule has 2 rings (SSSR count). The molecule has 90 valence electrons. The van der Waals surface area contributed by atoms with Gasteiger partial charge < -0.3 is 15.0 Å². The van der Waals surface area contributed by atoms with E-state index in [-0.39, 0.29) is 5.75 Å². The molecule has 0 atom stereocenters. The molecule has 1 aromatic carbocycles. The first-order valence-corrected chi connectivity index (χ1v) is 5.16. The Hall–Kier alpha value is -1.88. The molecule has 0 aliphatic carbocycles. The molecular weight excluding hydrogens is 223 g/mol. The highest BCUT2D eigenvalue weighted by molar-refractivity contribution is 5.63. The molecule has 2 N–H and O–H groups in total. The fourth-order valence-corrected chi connectivity index (χ4v) is 1.66. The molecule has 17 heavy (non-hydrogen) atoms. The molecule has 0 bridgehead atoms. The lowest BCUT2D eigenvalue weighted by molar-refractivity contribution is 0.386. The van der Waals surface area contributed by atoms with Gasteiger partial charge in [0, 0.05) is 17.7 Å². The number of hydrogen-bond acceptors (Lipinski definition) is 4. The molecule has 0 fully saturated rings. The van der Waals surface area contributed by atoms with E-state index < -0.39 is 5.82 Å². The molecule has 0 saturated heterocycles. The Balaban J connectivity index is 2.49. The summed E-state index contributed by atoms with van der Waals surface area (Å²) < 4.78 is 23.6. The van der Waals surface area contributed by atoms with E-state index in [0.29, 0.717) is 17.9 Å². The van der Waals surface area contributed by atoms with E-state index in [1.165, 1.54) is 13.2 Å². The minimum atomic E-state index is -0.443. The topological polar surface area (TPSA) is 61.3 Å². The Labute approximate surface area is 98.2 Å². The first-order chi connectivity index (χ1) is 8.17. The van der Waals surface area contributed by atoms with Crippen molar-refractivity contribution in [1.82, 2.24) is 5.16 Å². The lowest BCUT2D eigenvalue weighted by atomic mass is 10.1. The van der Waals surface area contributed by atoms with Crippen molar-refractivity contribution in [2.75, 3.05) is 7.11 Å². The van der Waals surface area contributed by atoms with Crippen LogP contribution < -0.4 is 10.5 Å². The Morgan fingerprint density at radius 3 is 2.82 bits per heavy atom. The number of nitrogens with zero attached hydrogens (tertiary/aromatic N) is 1. The molecule has 0 aliphatic heterocycles. The second kappa shape index (κ2) is 4.55. The summed E-state index contributed by atoms with van der Waals surface area (Å²) in [5.41, 5.74) is 7.72. The summed E-state index contributed by atoms with van der Waals surface area (Å²) in [6.07, 6.45) is 0. The van der Waals surface area contributed by atoms with Gasteiger partial charge in [-0.15, -0.1) is 0 Å². The lowest BCUT2D eigenvalue weighted by Crippen LogP contribution is -1.98. The zero-order valence-corrected chi connectivity index (χ0v) is 9.66. The summed E-state index contributed by atoms with van der Waals surface area (Å²) in [5.74, 6) is 0.257. The molecule has 0 saturated carbocycles. The maximum absolute atomic E-state index is 13.6. The van der Waals surface area contributed by atoms with Gasteiger partial charge in [0.1, 0.15) is 0 Å². The third kappa shape index (κ3) is 2.01. The molecule has 0 radical (unpaired) electrons. The third-order valence-electron chi connectivity index (χ3n) is 2.60. The van der Waals surface area contributed by atoms with E-state index in [0.717, 1.165) is 11.3 Å². The Morgan fingerprint density at radius 2 is 2.24 bits per heavy atom. The molecule has 0 spiro atoms. The zero-order valence-electron chi connectivity index (χ0n) is 9.66. The number of hydrogen-bond donors (Lipinski definition) is 1. The van der Waals surface area contributed by atoms with Gasteiger partial charge >= 0.3 is 0 Å². The Kier molecular flexibility index (Phi) is 3.10. The maximum Gasteiger partial charge on any atom is 0.171 e. The number of methoxy groups -OCH3 is 1. The first kappa shape index (κ1) is 11.6. The van der Waals surface area contributed by atoms with Gasteiger partial charge in [-0.2, -0.15) is 0 Å². The minimum absolute atomic E-state index is 0.194. The molecular formula is C12H13FN2O2. The molecule has 1 aromatic heterocycles. The van der Waals surface area contributed by atoms with Crippen LogP contribution in [-0.2, 0) is 6.54 Å². The number of ether oxygens (including phenoxy) is 1. The summed E-state index contributed by atoms with van der Waals surface area (Å²) in [6, 6.07) is 4.60. The standard InChI is InChI=1S/C12H13FN2O2/c1-7-9(6-14)12(17-15-7)8-3-4-11(16-2)10(13)5-8/h3-5H,6,14H2,1-2H3. The summed E-state index contributed by atoms with van der Waals surface area (Å²) in [6.45, 7) is 2.10. The van der Waals surface area contributed by atoms with E-state index in [1.54, 1.807) is 19.1 Å². The molecule has 1 heterocycles. The van der Waals surface area contributed by atoms with Crippen molar-refractivity contribution >= 4 is 0 Å². The van der Waals surface area contributed by atoms with Gasteiger partial charge in [0.2, 0.25) is 0 Å². The number of halogens is 1. The Bertz CT molecular complexity index is 537. The van der Waals surface area contributed by atoms with Crippen molar-refractivity contribution < 1.29 is 13.7 Å². The minimum Gasteiger partial charge on any atom is -0.494 e. The van der Waals surface area contributed by atoms with Crippen molar-refractivity contribution in [2.24, 2.45) is 5.73 Å². The van der Waals surface area contributed by atoms with Crippen LogP contribution in [0.15, 0.2) is 22.7 Å². The van der Waals surface area contributed by atoms with Gasteiger partial charge in [-0.25, -0.2) is 4.39 Å². The molecule has 0 unspecified atom stereocenters. The quantitative estimate of drug-likeness (QED) is 0.887. The number of benzene rings is 1. The van der Waals surface area contributed by atoms with Crippen LogP contribution >= 0.6 is 0 Å². The maximum atomic E-state index is 13.6. The Morgan fingerprint density at radius 1 is 1.47 bits per heavy atom. The highest BCUT2D eigenvalue weighted by Gasteiger charge is 2.15. The van der Waals surface area contributed by atoms with Gasteiger partial charge in [-0.3, -0.25) is 0 Å². The van der Waals surface area contributed by atoms with E-state index in [1.807, 2.05) is 0 Å². The summed E-state index contributed by atoms with van der Waals surface area (Å²) in [4.78, 5) is 0.